The normalized spacial score (nSPS) is 14.4. The highest BCUT2D eigenvalue weighted by molar-refractivity contribution is 7.38. The third-order valence-electron chi connectivity index (χ3n) is 0.320. The van der Waals surface area contributed by atoms with E-state index in [4.69, 9.17) is 10.00 Å². The molecular weight excluding hydrogens is 130 g/mol. The van der Waals surface area contributed by atoms with Gasteiger partial charge in [0.05, 0.1) is 0 Å². The summed E-state index contributed by atoms with van der Waals surface area (Å²) in [4.78, 5) is 7.89. The Balaban J connectivity index is 0. The molecule has 0 aromatic carbocycles. The molecule has 0 aliphatic heterocycles. The smallest absolute Gasteiger partial charge is 0.349 e. The molecule has 0 saturated carbocycles. The number of rotatable bonds is 1. The fourth-order valence-electron chi connectivity index (χ4n) is 0. The Labute approximate surface area is 53.4 Å². The van der Waals surface area contributed by atoms with Gasteiger partial charge in [-0.05, 0) is 4.57 Å². The Morgan fingerprint density at radius 2 is 1.86 bits per heavy atom. The summed E-state index contributed by atoms with van der Waals surface area (Å²) in [6.07, 6.45) is 0. The lowest BCUT2D eigenvalue weighted by molar-refractivity contribution is 0.257. The van der Waals surface area contributed by atoms with Crippen LogP contribution in [0.2, 0.25) is 0 Å². The van der Waals surface area contributed by atoms with Crippen LogP contribution in [-0.4, -0.2) is 33.2 Å². The molecule has 0 aromatic rings. The summed E-state index contributed by atoms with van der Waals surface area (Å²) in [5.41, 5.74) is 0. The van der Waals surface area contributed by atoms with Crippen molar-refractivity contribution in [3.63, 3.8) is 0 Å². The van der Waals surface area contributed by atoms with E-state index in [1.165, 1.54) is 6.92 Å². The molecule has 0 radical (unpaired) electrons. The largest absolute Gasteiger partial charge is 0.537 e. The first-order chi connectivity index (χ1) is 2.64. The van der Waals surface area contributed by atoms with Gasteiger partial charge >= 0.3 is 8.03 Å². The van der Waals surface area contributed by atoms with Crippen molar-refractivity contribution in [1.29, 1.82) is 0 Å². The monoisotopic (exact) mass is 139 g/mol. The van der Waals surface area contributed by atoms with Crippen LogP contribution in [0, 0.1) is 0 Å². The third-order valence-corrected chi connectivity index (χ3v) is 0.959. The van der Waals surface area contributed by atoms with Crippen molar-refractivity contribution in [2.75, 3.05) is 0 Å². The molecule has 0 rings (SSSR count). The van der Waals surface area contributed by atoms with Crippen LogP contribution >= 0.6 is 8.03 Å². The highest BCUT2D eigenvalue weighted by atomic mass is 31.1. The van der Waals surface area contributed by atoms with Crippen LogP contribution in [0.1, 0.15) is 6.92 Å². The van der Waals surface area contributed by atoms with Gasteiger partial charge in [0.25, 0.3) is 5.85 Å². The minimum atomic E-state index is -2.35. The van der Waals surface area contributed by atoms with Crippen LogP contribution < -0.4 is 0 Å². The van der Waals surface area contributed by atoms with E-state index in [1.54, 1.807) is 0 Å². The van der Waals surface area contributed by atoms with Crippen molar-refractivity contribution in [1.82, 2.24) is 0 Å². The first-order valence-corrected chi connectivity index (χ1v) is 2.76. The topological polar surface area (TPSA) is 57.5 Å². The molecule has 0 aliphatic carbocycles. The van der Waals surface area contributed by atoms with E-state index >= 15 is 0 Å². The maximum atomic E-state index is 9.60. The Kier molecular flexibility index (Phi) is 7.07. The van der Waals surface area contributed by atoms with Crippen LogP contribution in [-0.2, 0) is 4.57 Å². The molecule has 2 atom stereocenters. The van der Waals surface area contributed by atoms with E-state index in [0.717, 1.165) is 0 Å². The summed E-state index contributed by atoms with van der Waals surface area (Å²) < 4.78 is 9.60. The molecule has 3 nitrogen and oxygen atoms in total. The van der Waals surface area contributed by atoms with Crippen molar-refractivity contribution in [2.45, 2.75) is 12.8 Å². The lowest BCUT2D eigenvalue weighted by atomic mass is 10.9. The SMILES string of the molecule is CC(O)[P+](=O)O.[AlH3]. The quantitative estimate of drug-likeness (QED) is 0.357. The molecule has 0 aliphatic rings. The predicted octanol–water partition coefficient (Wildman–Crippen LogP) is -1.12. The summed E-state index contributed by atoms with van der Waals surface area (Å²) in [5.74, 6) is -1.08. The molecule has 0 bridgehead atoms. The molecule has 0 amide bonds. The minimum Gasteiger partial charge on any atom is -0.349 e. The summed E-state index contributed by atoms with van der Waals surface area (Å²) in [7, 11) is -2.35. The average Bonchev–Trinajstić information content (AvgIpc) is 1.36. The highest BCUT2D eigenvalue weighted by Gasteiger charge is 2.17. The average molecular weight is 139 g/mol. The van der Waals surface area contributed by atoms with Gasteiger partial charge in [0.1, 0.15) is 0 Å². The Hall–Kier alpha value is 0.552. The van der Waals surface area contributed by atoms with Crippen LogP contribution in [0.15, 0.2) is 0 Å². The lowest BCUT2D eigenvalue weighted by Gasteiger charge is -1.74. The zero-order chi connectivity index (χ0) is 5.15. The molecule has 0 saturated heterocycles. The van der Waals surface area contributed by atoms with Gasteiger partial charge in [0, 0.05) is 6.92 Å². The standard InChI is InChI=1S/C2H5O3P.Al.3H/c1-2(3)6(4)5;;;;/h2-3H,1H3;;;;/p+1. The highest BCUT2D eigenvalue weighted by Crippen LogP contribution is 2.17. The van der Waals surface area contributed by atoms with Gasteiger partial charge in [-0.3, -0.25) is 0 Å². The van der Waals surface area contributed by atoms with Crippen molar-refractivity contribution in [3.05, 3.63) is 0 Å². The van der Waals surface area contributed by atoms with Crippen LogP contribution in [0.3, 0.4) is 0 Å². The molecule has 5 heteroatoms. The molecular formula is C2H9AlO3P+. The summed E-state index contributed by atoms with van der Waals surface area (Å²) in [6.45, 7) is 1.26. The van der Waals surface area contributed by atoms with Gasteiger partial charge in [-0.15, -0.1) is 0 Å². The van der Waals surface area contributed by atoms with Gasteiger partial charge in [-0.2, -0.15) is 4.89 Å². The predicted molar refractivity (Wildman–Crippen MR) is 31.4 cm³/mol. The maximum Gasteiger partial charge on any atom is 0.537 e. The van der Waals surface area contributed by atoms with Crippen LogP contribution in [0.25, 0.3) is 0 Å². The van der Waals surface area contributed by atoms with Crippen molar-refractivity contribution in [2.24, 2.45) is 0 Å². The van der Waals surface area contributed by atoms with Crippen LogP contribution in [0.4, 0.5) is 0 Å². The Morgan fingerprint density at radius 3 is 1.86 bits per heavy atom. The van der Waals surface area contributed by atoms with Gasteiger partial charge in [0.2, 0.25) is 0 Å². The number of hydrogen-bond acceptors (Lipinski definition) is 2. The fourth-order valence-corrected chi connectivity index (χ4v) is 0. The van der Waals surface area contributed by atoms with Gasteiger partial charge < -0.3 is 5.11 Å². The molecule has 0 fully saturated rings. The first-order valence-electron chi connectivity index (χ1n) is 1.48. The molecule has 0 heterocycles. The molecule has 2 N–H and O–H groups in total. The van der Waals surface area contributed by atoms with E-state index in [9.17, 15) is 4.57 Å². The third kappa shape index (κ3) is 6.55. The van der Waals surface area contributed by atoms with Crippen molar-refractivity contribution >= 4 is 25.4 Å². The van der Waals surface area contributed by atoms with Crippen molar-refractivity contribution in [3.8, 4) is 0 Å². The molecule has 42 valence electrons. The Bertz CT molecular complexity index is 64.0. The van der Waals surface area contributed by atoms with E-state index in [2.05, 4.69) is 0 Å². The van der Waals surface area contributed by atoms with E-state index < -0.39 is 13.9 Å². The second-order valence-electron chi connectivity index (χ2n) is 0.934. The van der Waals surface area contributed by atoms with Crippen LogP contribution in [0.5, 0.6) is 0 Å². The molecule has 0 spiro atoms. The zero-order valence-corrected chi connectivity index (χ0v) is 4.22. The van der Waals surface area contributed by atoms with E-state index in [1.807, 2.05) is 0 Å². The summed E-state index contributed by atoms with van der Waals surface area (Å²) in [6, 6.07) is 0. The number of aliphatic hydroxyl groups excluding tert-OH is 1. The van der Waals surface area contributed by atoms with Gasteiger partial charge in [-0.1, -0.05) is 0 Å². The molecule has 7 heavy (non-hydrogen) atoms. The first kappa shape index (κ1) is 10.5. The fraction of sp³-hybridized carbons (Fsp3) is 1.00. The summed E-state index contributed by atoms with van der Waals surface area (Å²) in [5, 5.41) is 8.10. The second kappa shape index (κ2) is 4.71. The van der Waals surface area contributed by atoms with Gasteiger partial charge in [0.15, 0.2) is 17.4 Å². The second-order valence-corrected chi connectivity index (χ2v) is 2.29. The maximum absolute atomic E-state index is 9.60. The van der Waals surface area contributed by atoms with Crippen molar-refractivity contribution < 1.29 is 14.6 Å². The van der Waals surface area contributed by atoms with E-state index in [-0.39, 0.29) is 17.4 Å². The van der Waals surface area contributed by atoms with E-state index in [0.29, 0.717) is 0 Å². The zero-order valence-electron chi connectivity index (χ0n) is 3.33. The minimum absolute atomic E-state index is 0. The summed E-state index contributed by atoms with van der Waals surface area (Å²) >= 11 is 0. The lowest BCUT2D eigenvalue weighted by Crippen LogP contribution is -1.88. The Morgan fingerprint density at radius 1 is 1.71 bits per heavy atom. The number of hydrogen-bond donors (Lipinski definition) is 2. The number of aliphatic hydroxyl groups is 1. The molecule has 2 unspecified atom stereocenters. The molecule has 0 aromatic heterocycles. The van der Waals surface area contributed by atoms with Gasteiger partial charge in [-0.25, -0.2) is 0 Å².